The number of aromatic nitrogens is 2. The van der Waals surface area contributed by atoms with Gasteiger partial charge in [-0.15, -0.1) is 0 Å². The SMILES string of the molecule is Cc1ccn(-c2cccc(N)c2C)n1. The second-order valence-electron chi connectivity index (χ2n) is 3.39. The average molecular weight is 187 g/mol. The summed E-state index contributed by atoms with van der Waals surface area (Å²) in [7, 11) is 0. The molecule has 1 aromatic heterocycles. The summed E-state index contributed by atoms with van der Waals surface area (Å²) in [6.45, 7) is 3.97. The molecule has 3 heteroatoms. The van der Waals surface area contributed by atoms with Crippen molar-refractivity contribution >= 4 is 5.69 Å². The normalized spacial score (nSPS) is 10.4. The fourth-order valence-electron chi connectivity index (χ4n) is 1.44. The topological polar surface area (TPSA) is 43.8 Å². The van der Waals surface area contributed by atoms with Crippen LogP contribution in [-0.2, 0) is 0 Å². The molecule has 72 valence electrons. The molecule has 14 heavy (non-hydrogen) atoms. The van der Waals surface area contributed by atoms with E-state index in [1.165, 1.54) is 0 Å². The largest absolute Gasteiger partial charge is 0.398 e. The number of aryl methyl sites for hydroxylation is 1. The Morgan fingerprint density at radius 2 is 2.00 bits per heavy atom. The maximum atomic E-state index is 5.82. The van der Waals surface area contributed by atoms with E-state index in [2.05, 4.69) is 5.10 Å². The molecule has 0 saturated heterocycles. The fourth-order valence-corrected chi connectivity index (χ4v) is 1.44. The zero-order valence-electron chi connectivity index (χ0n) is 8.36. The van der Waals surface area contributed by atoms with E-state index in [0.29, 0.717) is 0 Å². The van der Waals surface area contributed by atoms with Gasteiger partial charge < -0.3 is 5.73 Å². The third-order valence-corrected chi connectivity index (χ3v) is 2.32. The highest BCUT2D eigenvalue weighted by atomic mass is 15.3. The van der Waals surface area contributed by atoms with Crippen LogP contribution >= 0.6 is 0 Å². The smallest absolute Gasteiger partial charge is 0.0695 e. The van der Waals surface area contributed by atoms with Gasteiger partial charge in [-0.1, -0.05) is 6.07 Å². The van der Waals surface area contributed by atoms with E-state index in [1.54, 1.807) is 0 Å². The Balaban J connectivity index is 2.57. The Hall–Kier alpha value is -1.77. The van der Waals surface area contributed by atoms with Crippen LogP contribution in [0.3, 0.4) is 0 Å². The molecule has 0 fully saturated rings. The molecule has 0 amide bonds. The maximum absolute atomic E-state index is 5.82. The van der Waals surface area contributed by atoms with Crippen LogP contribution in [0, 0.1) is 13.8 Å². The van der Waals surface area contributed by atoms with E-state index in [-0.39, 0.29) is 0 Å². The molecule has 0 radical (unpaired) electrons. The highest BCUT2D eigenvalue weighted by Crippen LogP contribution is 2.18. The van der Waals surface area contributed by atoms with Gasteiger partial charge in [-0.2, -0.15) is 5.10 Å². The summed E-state index contributed by atoms with van der Waals surface area (Å²) in [5.74, 6) is 0. The molecule has 0 atom stereocenters. The molecule has 0 unspecified atom stereocenters. The number of benzene rings is 1. The van der Waals surface area contributed by atoms with Gasteiger partial charge in [0.05, 0.1) is 11.4 Å². The summed E-state index contributed by atoms with van der Waals surface area (Å²) in [5.41, 5.74) is 9.74. The lowest BCUT2D eigenvalue weighted by Gasteiger charge is -2.07. The lowest BCUT2D eigenvalue weighted by molar-refractivity contribution is 0.856. The molecule has 0 aliphatic heterocycles. The minimum atomic E-state index is 0.802. The van der Waals surface area contributed by atoms with Crippen molar-refractivity contribution < 1.29 is 0 Å². The molecule has 2 rings (SSSR count). The molecular formula is C11H13N3. The van der Waals surface area contributed by atoms with E-state index in [1.807, 2.05) is 49.0 Å². The van der Waals surface area contributed by atoms with E-state index >= 15 is 0 Å². The quantitative estimate of drug-likeness (QED) is 0.694. The van der Waals surface area contributed by atoms with E-state index in [9.17, 15) is 0 Å². The Labute approximate surface area is 83.2 Å². The minimum absolute atomic E-state index is 0.802. The van der Waals surface area contributed by atoms with Gasteiger partial charge in [0.2, 0.25) is 0 Å². The summed E-state index contributed by atoms with van der Waals surface area (Å²) in [4.78, 5) is 0. The van der Waals surface area contributed by atoms with Crippen LogP contribution < -0.4 is 5.73 Å². The van der Waals surface area contributed by atoms with Crippen molar-refractivity contribution in [2.75, 3.05) is 5.73 Å². The summed E-state index contributed by atoms with van der Waals surface area (Å²) in [5, 5.41) is 4.34. The molecule has 2 N–H and O–H groups in total. The molecule has 0 aliphatic rings. The molecule has 0 spiro atoms. The standard InChI is InChI=1S/C11H13N3/c1-8-6-7-14(13-8)11-5-3-4-10(12)9(11)2/h3-7H,12H2,1-2H3. The van der Waals surface area contributed by atoms with E-state index in [4.69, 9.17) is 5.73 Å². The van der Waals surface area contributed by atoms with Gasteiger partial charge in [0.15, 0.2) is 0 Å². The van der Waals surface area contributed by atoms with Crippen LogP contribution in [-0.4, -0.2) is 9.78 Å². The molecule has 0 bridgehead atoms. The molecular weight excluding hydrogens is 174 g/mol. The zero-order valence-corrected chi connectivity index (χ0v) is 8.36. The molecule has 1 aromatic carbocycles. The van der Waals surface area contributed by atoms with Crippen molar-refractivity contribution in [3.63, 3.8) is 0 Å². The second-order valence-corrected chi connectivity index (χ2v) is 3.39. The predicted octanol–water partition coefficient (Wildman–Crippen LogP) is 2.07. The van der Waals surface area contributed by atoms with Crippen LogP contribution in [0.4, 0.5) is 5.69 Å². The number of hydrogen-bond donors (Lipinski definition) is 1. The van der Waals surface area contributed by atoms with Crippen molar-refractivity contribution in [1.82, 2.24) is 9.78 Å². The van der Waals surface area contributed by atoms with E-state index < -0.39 is 0 Å². The molecule has 3 nitrogen and oxygen atoms in total. The lowest BCUT2D eigenvalue weighted by Crippen LogP contribution is -2.00. The van der Waals surface area contributed by atoms with Crippen molar-refractivity contribution in [3.05, 3.63) is 41.7 Å². The van der Waals surface area contributed by atoms with Crippen molar-refractivity contribution in [2.45, 2.75) is 13.8 Å². The average Bonchev–Trinajstić information content (AvgIpc) is 2.57. The summed E-state index contributed by atoms with van der Waals surface area (Å²) in [6.07, 6.45) is 1.94. The van der Waals surface area contributed by atoms with Gasteiger partial charge in [0.25, 0.3) is 0 Å². The Morgan fingerprint density at radius 1 is 1.21 bits per heavy atom. The van der Waals surface area contributed by atoms with Crippen molar-refractivity contribution in [2.24, 2.45) is 0 Å². The third-order valence-electron chi connectivity index (χ3n) is 2.32. The van der Waals surface area contributed by atoms with Gasteiger partial charge in [-0.05, 0) is 37.6 Å². The molecule has 2 aromatic rings. The van der Waals surface area contributed by atoms with Gasteiger partial charge in [-0.25, -0.2) is 4.68 Å². The van der Waals surface area contributed by atoms with Crippen LogP contribution in [0.15, 0.2) is 30.5 Å². The van der Waals surface area contributed by atoms with Crippen LogP contribution in [0.25, 0.3) is 5.69 Å². The van der Waals surface area contributed by atoms with Crippen LogP contribution in [0.5, 0.6) is 0 Å². The van der Waals surface area contributed by atoms with Gasteiger partial charge >= 0.3 is 0 Å². The number of nitrogens with zero attached hydrogens (tertiary/aromatic N) is 2. The summed E-state index contributed by atoms with van der Waals surface area (Å²) >= 11 is 0. The van der Waals surface area contributed by atoms with E-state index in [0.717, 1.165) is 22.6 Å². The number of hydrogen-bond acceptors (Lipinski definition) is 2. The highest BCUT2D eigenvalue weighted by molar-refractivity contribution is 5.56. The Kier molecular flexibility index (Phi) is 2.00. The van der Waals surface area contributed by atoms with Crippen molar-refractivity contribution in [3.8, 4) is 5.69 Å². The maximum Gasteiger partial charge on any atom is 0.0695 e. The number of anilines is 1. The predicted molar refractivity (Wildman–Crippen MR) is 57.5 cm³/mol. The zero-order chi connectivity index (χ0) is 10.1. The minimum Gasteiger partial charge on any atom is -0.398 e. The first kappa shape index (κ1) is 8.81. The number of nitrogen functional groups attached to an aromatic ring is 1. The first-order chi connectivity index (χ1) is 6.68. The Morgan fingerprint density at radius 3 is 2.64 bits per heavy atom. The Bertz CT molecular complexity index is 457. The monoisotopic (exact) mass is 187 g/mol. The molecule has 0 aliphatic carbocycles. The second kappa shape index (κ2) is 3.18. The fraction of sp³-hybridized carbons (Fsp3) is 0.182. The first-order valence-electron chi connectivity index (χ1n) is 4.56. The first-order valence-corrected chi connectivity index (χ1v) is 4.56. The molecule has 0 saturated carbocycles. The highest BCUT2D eigenvalue weighted by Gasteiger charge is 2.03. The third kappa shape index (κ3) is 1.37. The van der Waals surface area contributed by atoms with Gasteiger partial charge in [0.1, 0.15) is 0 Å². The van der Waals surface area contributed by atoms with Gasteiger partial charge in [-0.3, -0.25) is 0 Å². The van der Waals surface area contributed by atoms with Crippen molar-refractivity contribution in [1.29, 1.82) is 0 Å². The molecule has 1 heterocycles. The number of nitrogens with two attached hydrogens (primary N) is 1. The summed E-state index contributed by atoms with van der Waals surface area (Å²) < 4.78 is 1.85. The van der Waals surface area contributed by atoms with Gasteiger partial charge in [0, 0.05) is 11.9 Å². The van der Waals surface area contributed by atoms with Crippen LogP contribution in [0.1, 0.15) is 11.3 Å². The summed E-state index contributed by atoms with van der Waals surface area (Å²) in [6, 6.07) is 7.82. The van der Waals surface area contributed by atoms with Crippen LogP contribution in [0.2, 0.25) is 0 Å². The lowest BCUT2D eigenvalue weighted by atomic mass is 10.1. The number of rotatable bonds is 1.